The fourth-order valence-electron chi connectivity index (χ4n) is 1.60. The average Bonchev–Trinajstić information content (AvgIpc) is 2.42. The van der Waals surface area contributed by atoms with Crippen molar-refractivity contribution in [2.75, 3.05) is 12.3 Å². The number of carbonyl (C=O) groups excluding carboxylic acids is 1. The summed E-state index contributed by atoms with van der Waals surface area (Å²) < 4.78 is 0. The summed E-state index contributed by atoms with van der Waals surface area (Å²) in [7, 11) is 0. The molecule has 0 aliphatic heterocycles. The van der Waals surface area contributed by atoms with Crippen molar-refractivity contribution in [3.05, 3.63) is 34.4 Å². The monoisotopic (exact) mass is 312 g/mol. The largest absolute Gasteiger partial charge is 0.480 e. The van der Waals surface area contributed by atoms with E-state index in [-0.39, 0.29) is 29.9 Å². The van der Waals surface area contributed by atoms with Crippen LogP contribution in [-0.4, -0.2) is 45.1 Å². The number of hydrogen-bond acceptors (Lipinski definition) is 5. The van der Waals surface area contributed by atoms with E-state index in [4.69, 9.17) is 5.11 Å². The molecule has 1 aromatic carbocycles. The lowest BCUT2D eigenvalue weighted by Crippen LogP contribution is -2.41. The number of hydrogen-bond donors (Lipinski definition) is 1. The van der Waals surface area contributed by atoms with Gasteiger partial charge in [-0.15, -0.1) is 11.8 Å². The molecule has 1 N–H and O–H groups in total. The number of carboxylic acid groups (broad SMARTS) is 1. The minimum absolute atomic E-state index is 0.0136. The van der Waals surface area contributed by atoms with E-state index in [0.29, 0.717) is 4.90 Å². The molecule has 0 radical (unpaired) electrons. The number of aliphatic carboxylic acids is 1. The second kappa shape index (κ2) is 7.63. The van der Waals surface area contributed by atoms with Gasteiger partial charge in [0.1, 0.15) is 6.54 Å². The number of nitrogens with zero attached hydrogens (tertiary/aromatic N) is 2. The van der Waals surface area contributed by atoms with Gasteiger partial charge in [0.2, 0.25) is 5.91 Å². The summed E-state index contributed by atoms with van der Waals surface area (Å²) in [5.74, 6) is -1.25. The standard InChI is InChI=1S/C13H16N2O5S/c1-9(2)14(7-13(17)18)12(16)8-21-11-5-3-10(4-6-11)15(19)20/h3-6,9H,7-8H2,1-2H3,(H,17,18). The number of thioether (sulfide) groups is 1. The molecule has 21 heavy (non-hydrogen) atoms. The Morgan fingerprint density at radius 2 is 1.90 bits per heavy atom. The zero-order valence-electron chi connectivity index (χ0n) is 11.7. The molecule has 0 saturated carbocycles. The van der Waals surface area contributed by atoms with Gasteiger partial charge >= 0.3 is 5.97 Å². The maximum atomic E-state index is 12.0. The van der Waals surface area contributed by atoms with Crippen LogP contribution in [0.4, 0.5) is 5.69 Å². The van der Waals surface area contributed by atoms with Gasteiger partial charge in [0.15, 0.2) is 0 Å². The molecule has 0 aliphatic rings. The molecule has 0 atom stereocenters. The molecule has 0 aliphatic carbocycles. The highest BCUT2D eigenvalue weighted by atomic mass is 32.2. The van der Waals surface area contributed by atoms with E-state index in [2.05, 4.69) is 0 Å². The van der Waals surface area contributed by atoms with Crippen LogP contribution in [0.1, 0.15) is 13.8 Å². The van der Waals surface area contributed by atoms with Crippen molar-refractivity contribution in [1.29, 1.82) is 0 Å². The molecule has 114 valence electrons. The number of rotatable bonds is 7. The molecular weight excluding hydrogens is 296 g/mol. The molecule has 7 nitrogen and oxygen atoms in total. The predicted molar refractivity (Wildman–Crippen MR) is 78.3 cm³/mol. The summed E-state index contributed by atoms with van der Waals surface area (Å²) in [5.41, 5.74) is -0.0136. The topological polar surface area (TPSA) is 101 Å². The highest BCUT2D eigenvalue weighted by Gasteiger charge is 2.19. The third kappa shape index (κ3) is 5.42. The number of nitro benzene ring substituents is 1. The Labute approximate surface area is 126 Å². The fourth-order valence-corrected chi connectivity index (χ4v) is 2.38. The second-order valence-electron chi connectivity index (χ2n) is 4.55. The number of amides is 1. The van der Waals surface area contributed by atoms with Gasteiger partial charge in [-0.25, -0.2) is 0 Å². The number of carboxylic acids is 1. The summed E-state index contributed by atoms with van der Waals surface area (Å²) in [5, 5.41) is 19.3. The molecule has 1 rings (SSSR count). The van der Waals surface area contributed by atoms with Crippen molar-refractivity contribution >= 4 is 29.3 Å². The minimum Gasteiger partial charge on any atom is -0.480 e. The van der Waals surface area contributed by atoms with Crippen molar-refractivity contribution in [2.45, 2.75) is 24.8 Å². The van der Waals surface area contributed by atoms with Crippen LogP contribution in [-0.2, 0) is 9.59 Å². The summed E-state index contributed by atoms with van der Waals surface area (Å²) in [6.07, 6.45) is 0. The average molecular weight is 312 g/mol. The fraction of sp³-hybridized carbons (Fsp3) is 0.385. The first-order valence-corrected chi connectivity index (χ1v) is 7.18. The molecular formula is C13H16N2O5S. The van der Waals surface area contributed by atoms with Crippen LogP contribution in [0.15, 0.2) is 29.2 Å². The van der Waals surface area contributed by atoms with E-state index in [9.17, 15) is 19.7 Å². The highest BCUT2D eigenvalue weighted by molar-refractivity contribution is 8.00. The summed E-state index contributed by atoms with van der Waals surface area (Å²) in [6.45, 7) is 3.16. The van der Waals surface area contributed by atoms with Gasteiger partial charge in [-0.3, -0.25) is 19.7 Å². The Morgan fingerprint density at radius 1 is 1.33 bits per heavy atom. The van der Waals surface area contributed by atoms with Gasteiger partial charge in [-0.1, -0.05) is 0 Å². The third-order valence-electron chi connectivity index (χ3n) is 2.66. The van der Waals surface area contributed by atoms with Gasteiger partial charge in [-0.05, 0) is 26.0 Å². The third-order valence-corrected chi connectivity index (χ3v) is 3.66. The summed E-state index contributed by atoms with van der Waals surface area (Å²) in [6, 6.07) is 5.65. The van der Waals surface area contributed by atoms with Crippen molar-refractivity contribution in [3.63, 3.8) is 0 Å². The van der Waals surface area contributed by atoms with Gasteiger partial charge in [0.25, 0.3) is 5.69 Å². The predicted octanol–water partition coefficient (Wildman–Crippen LogP) is 2.01. The Balaban J connectivity index is 2.62. The SMILES string of the molecule is CC(C)N(CC(=O)O)C(=O)CSc1ccc([N+](=O)[O-])cc1. The molecule has 0 unspecified atom stereocenters. The molecule has 1 amide bonds. The Morgan fingerprint density at radius 3 is 2.33 bits per heavy atom. The zero-order chi connectivity index (χ0) is 16.0. The quantitative estimate of drug-likeness (QED) is 0.469. The molecule has 0 heterocycles. The smallest absolute Gasteiger partial charge is 0.323 e. The van der Waals surface area contributed by atoms with Crippen LogP contribution in [0, 0.1) is 10.1 Å². The summed E-state index contributed by atoms with van der Waals surface area (Å²) >= 11 is 1.22. The first kappa shape index (κ1) is 17.0. The lowest BCUT2D eigenvalue weighted by atomic mass is 10.3. The molecule has 0 spiro atoms. The second-order valence-corrected chi connectivity index (χ2v) is 5.60. The molecule has 0 fully saturated rings. The first-order chi connectivity index (χ1) is 9.81. The van der Waals surface area contributed by atoms with Crippen LogP contribution in [0.3, 0.4) is 0 Å². The molecule has 0 aromatic heterocycles. The number of benzene rings is 1. The molecule has 8 heteroatoms. The van der Waals surface area contributed by atoms with E-state index in [1.54, 1.807) is 26.0 Å². The Hall–Kier alpha value is -2.09. The Kier molecular flexibility index (Phi) is 6.16. The van der Waals surface area contributed by atoms with Crippen LogP contribution in [0.2, 0.25) is 0 Å². The number of non-ortho nitro benzene ring substituents is 1. The minimum atomic E-state index is -1.06. The normalized spacial score (nSPS) is 10.4. The van der Waals surface area contributed by atoms with Crippen molar-refractivity contribution < 1.29 is 19.6 Å². The van der Waals surface area contributed by atoms with Gasteiger partial charge in [0, 0.05) is 23.1 Å². The van der Waals surface area contributed by atoms with Crippen LogP contribution in [0.25, 0.3) is 0 Å². The number of carbonyl (C=O) groups is 2. The maximum absolute atomic E-state index is 12.0. The van der Waals surface area contributed by atoms with Crippen molar-refractivity contribution in [1.82, 2.24) is 4.90 Å². The van der Waals surface area contributed by atoms with E-state index in [1.807, 2.05) is 0 Å². The van der Waals surface area contributed by atoms with Gasteiger partial charge in [0.05, 0.1) is 10.7 Å². The zero-order valence-corrected chi connectivity index (χ0v) is 12.5. The Bertz CT molecular complexity index is 530. The van der Waals surface area contributed by atoms with E-state index >= 15 is 0 Å². The van der Waals surface area contributed by atoms with Crippen LogP contribution < -0.4 is 0 Å². The lowest BCUT2D eigenvalue weighted by molar-refractivity contribution is -0.384. The first-order valence-electron chi connectivity index (χ1n) is 6.19. The highest BCUT2D eigenvalue weighted by Crippen LogP contribution is 2.21. The van der Waals surface area contributed by atoms with E-state index in [1.165, 1.54) is 28.8 Å². The van der Waals surface area contributed by atoms with Crippen LogP contribution in [0.5, 0.6) is 0 Å². The van der Waals surface area contributed by atoms with Crippen LogP contribution >= 0.6 is 11.8 Å². The van der Waals surface area contributed by atoms with E-state index in [0.717, 1.165) is 0 Å². The molecule has 1 aromatic rings. The van der Waals surface area contributed by atoms with Crippen molar-refractivity contribution in [3.8, 4) is 0 Å². The van der Waals surface area contributed by atoms with Gasteiger partial charge in [-0.2, -0.15) is 0 Å². The molecule has 0 bridgehead atoms. The maximum Gasteiger partial charge on any atom is 0.323 e. The van der Waals surface area contributed by atoms with Crippen molar-refractivity contribution in [2.24, 2.45) is 0 Å². The van der Waals surface area contributed by atoms with Gasteiger partial charge < -0.3 is 10.0 Å². The summed E-state index contributed by atoms with van der Waals surface area (Å²) in [4.78, 5) is 34.8. The molecule has 0 saturated heterocycles. The number of nitro groups is 1. The lowest BCUT2D eigenvalue weighted by Gasteiger charge is -2.24. The van der Waals surface area contributed by atoms with E-state index < -0.39 is 10.9 Å².